The highest BCUT2D eigenvalue weighted by Crippen LogP contribution is 2.40. The van der Waals surface area contributed by atoms with Gasteiger partial charge < -0.3 is 10.1 Å². The highest BCUT2D eigenvalue weighted by molar-refractivity contribution is 6.05. The number of para-hydroxylation sites is 1. The Balaban J connectivity index is 1.54. The van der Waals surface area contributed by atoms with Crippen molar-refractivity contribution < 1.29 is 14.3 Å². The van der Waals surface area contributed by atoms with E-state index in [2.05, 4.69) is 10.3 Å². The summed E-state index contributed by atoms with van der Waals surface area (Å²) in [7, 11) is 0. The number of hydrogen-bond donors (Lipinski definition) is 1. The SMILES string of the molecule is Cc1ccc(C)c(NC(=O)[C@H](C)OC(=O)c2cc(C3CC3)nc3ccccc23)c1. The van der Waals surface area contributed by atoms with Gasteiger partial charge in [0.25, 0.3) is 5.91 Å². The lowest BCUT2D eigenvalue weighted by atomic mass is 10.1. The summed E-state index contributed by atoms with van der Waals surface area (Å²) < 4.78 is 5.53. The third kappa shape index (κ3) is 4.14. The van der Waals surface area contributed by atoms with Crippen LogP contribution in [0.4, 0.5) is 5.69 Å². The number of carbonyl (C=O) groups is 2. The number of amides is 1. The Bertz CT molecular complexity index is 1100. The van der Waals surface area contributed by atoms with E-state index in [9.17, 15) is 9.59 Å². The quantitative estimate of drug-likeness (QED) is 0.631. The number of fused-ring (bicyclic) bond motifs is 1. The van der Waals surface area contributed by atoms with Crippen molar-refractivity contribution in [3.8, 4) is 0 Å². The molecule has 0 spiro atoms. The van der Waals surface area contributed by atoms with Crippen LogP contribution in [-0.4, -0.2) is 23.0 Å². The zero-order valence-corrected chi connectivity index (χ0v) is 16.9. The van der Waals surface area contributed by atoms with Crippen LogP contribution in [0.25, 0.3) is 10.9 Å². The average Bonchev–Trinajstić information content (AvgIpc) is 3.55. The number of nitrogens with zero attached hydrogens (tertiary/aromatic N) is 1. The van der Waals surface area contributed by atoms with Gasteiger partial charge in [0.05, 0.1) is 11.1 Å². The molecule has 1 aliphatic rings. The number of hydrogen-bond acceptors (Lipinski definition) is 4. The zero-order valence-electron chi connectivity index (χ0n) is 16.9. The lowest BCUT2D eigenvalue weighted by molar-refractivity contribution is -0.123. The molecule has 1 fully saturated rings. The third-order valence-electron chi connectivity index (χ3n) is 5.26. The molecule has 0 bridgehead atoms. The molecule has 1 heterocycles. The van der Waals surface area contributed by atoms with E-state index in [0.717, 1.165) is 46.3 Å². The molecule has 0 unspecified atom stereocenters. The second-order valence-electron chi connectivity index (χ2n) is 7.74. The highest BCUT2D eigenvalue weighted by Gasteiger charge is 2.28. The van der Waals surface area contributed by atoms with E-state index >= 15 is 0 Å². The summed E-state index contributed by atoms with van der Waals surface area (Å²) in [4.78, 5) is 30.2. The van der Waals surface area contributed by atoms with Crippen molar-refractivity contribution in [1.82, 2.24) is 4.98 Å². The highest BCUT2D eigenvalue weighted by atomic mass is 16.5. The Morgan fingerprint density at radius 1 is 1.10 bits per heavy atom. The Labute approximate surface area is 170 Å². The number of benzene rings is 2. The van der Waals surface area contributed by atoms with Crippen molar-refractivity contribution in [2.75, 3.05) is 5.32 Å². The van der Waals surface area contributed by atoms with Crippen molar-refractivity contribution in [3.63, 3.8) is 0 Å². The van der Waals surface area contributed by atoms with Gasteiger partial charge in [-0.2, -0.15) is 0 Å². The fourth-order valence-corrected chi connectivity index (χ4v) is 3.34. The van der Waals surface area contributed by atoms with Crippen LogP contribution < -0.4 is 5.32 Å². The number of pyridine rings is 1. The molecule has 148 valence electrons. The molecule has 1 amide bonds. The van der Waals surface area contributed by atoms with Crippen molar-refractivity contribution in [3.05, 3.63) is 70.9 Å². The molecule has 4 rings (SSSR count). The zero-order chi connectivity index (χ0) is 20.5. The summed E-state index contributed by atoms with van der Waals surface area (Å²) >= 11 is 0. The summed E-state index contributed by atoms with van der Waals surface area (Å²) in [6.07, 6.45) is 1.27. The summed E-state index contributed by atoms with van der Waals surface area (Å²) in [6, 6.07) is 15.2. The monoisotopic (exact) mass is 388 g/mol. The predicted molar refractivity (Wildman–Crippen MR) is 113 cm³/mol. The average molecular weight is 388 g/mol. The van der Waals surface area contributed by atoms with E-state index in [-0.39, 0.29) is 5.91 Å². The molecular weight excluding hydrogens is 364 g/mol. The van der Waals surface area contributed by atoms with Crippen molar-refractivity contribution in [2.45, 2.75) is 45.6 Å². The van der Waals surface area contributed by atoms with Crippen LogP contribution in [0.3, 0.4) is 0 Å². The van der Waals surface area contributed by atoms with Crippen LogP contribution in [0, 0.1) is 13.8 Å². The lowest BCUT2D eigenvalue weighted by Gasteiger charge is -2.16. The van der Waals surface area contributed by atoms with Crippen LogP contribution in [0.1, 0.15) is 52.9 Å². The number of anilines is 1. The van der Waals surface area contributed by atoms with E-state index in [1.165, 1.54) is 0 Å². The number of rotatable bonds is 5. The van der Waals surface area contributed by atoms with Crippen LogP contribution in [-0.2, 0) is 9.53 Å². The third-order valence-corrected chi connectivity index (χ3v) is 5.26. The van der Waals surface area contributed by atoms with E-state index in [4.69, 9.17) is 4.74 Å². The van der Waals surface area contributed by atoms with Gasteiger partial charge in [0.15, 0.2) is 6.10 Å². The second-order valence-corrected chi connectivity index (χ2v) is 7.74. The minimum Gasteiger partial charge on any atom is -0.449 e. The molecule has 5 nitrogen and oxygen atoms in total. The van der Waals surface area contributed by atoms with E-state index in [1.54, 1.807) is 6.92 Å². The first-order chi connectivity index (χ1) is 13.9. The molecule has 1 atom stereocenters. The molecule has 3 aromatic rings. The molecular formula is C24H24N2O3. The number of carbonyl (C=O) groups excluding carboxylic acids is 2. The van der Waals surface area contributed by atoms with Crippen molar-refractivity contribution >= 4 is 28.5 Å². The standard InChI is InChI=1S/C24H24N2O3/c1-14-8-9-15(2)21(12-14)26-23(27)16(3)29-24(28)19-13-22(17-10-11-17)25-20-7-5-4-6-18(19)20/h4-9,12-13,16-17H,10-11H2,1-3H3,(H,26,27)/t16-/m0/s1. The fourth-order valence-electron chi connectivity index (χ4n) is 3.34. The smallest absolute Gasteiger partial charge is 0.339 e. The van der Waals surface area contributed by atoms with Crippen LogP contribution in [0.2, 0.25) is 0 Å². The van der Waals surface area contributed by atoms with Gasteiger partial charge in [0, 0.05) is 22.7 Å². The molecule has 1 saturated carbocycles. The summed E-state index contributed by atoms with van der Waals surface area (Å²) in [5.41, 5.74) is 4.88. The topological polar surface area (TPSA) is 68.3 Å². The van der Waals surface area contributed by atoms with Crippen LogP contribution >= 0.6 is 0 Å². The number of aromatic nitrogens is 1. The van der Waals surface area contributed by atoms with Crippen LogP contribution in [0.5, 0.6) is 0 Å². The maximum absolute atomic E-state index is 12.9. The molecule has 0 radical (unpaired) electrons. The molecule has 5 heteroatoms. The Morgan fingerprint density at radius 2 is 1.86 bits per heavy atom. The Morgan fingerprint density at radius 3 is 2.62 bits per heavy atom. The second kappa shape index (κ2) is 7.66. The first-order valence-electron chi connectivity index (χ1n) is 9.91. The molecule has 29 heavy (non-hydrogen) atoms. The molecule has 1 aliphatic carbocycles. The van der Waals surface area contributed by atoms with E-state index < -0.39 is 12.1 Å². The normalized spacial score (nSPS) is 14.4. The van der Waals surface area contributed by atoms with Gasteiger partial charge in [-0.3, -0.25) is 9.78 Å². The van der Waals surface area contributed by atoms with Gasteiger partial charge in [-0.05, 0) is 62.9 Å². The Kier molecular flexibility index (Phi) is 5.05. The summed E-state index contributed by atoms with van der Waals surface area (Å²) in [5, 5.41) is 3.60. The molecule has 2 aromatic carbocycles. The minimum atomic E-state index is -0.918. The lowest BCUT2D eigenvalue weighted by Crippen LogP contribution is -2.30. The maximum atomic E-state index is 12.9. The van der Waals surface area contributed by atoms with E-state index in [0.29, 0.717) is 11.5 Å². The van der Waals surface area contributed by atoms with Gasteiger partial charge >= 0.3 is 5.97 Å². The summed E-state index contributed by atoms with van der Waals surface area (Å²) in [5.74, 6) is -0.446. The molecule has 0 aliphatic heterocycles. The van der Waals surface area contributed by atoms with Crippen LogP contribution in [0.15, 0.2) is 48.5 Å². The molecule has 1 N–H and O–H groups in total. The van der Waals surface area contributed by atoms with E-state index in [1.807, 2.05) is 62.4 Å². The van der Waals surface area contributed by atoms with Gasteiger partial charge in [-0.25, -0.2) is 4.79 Å². The first kappa shape index (κ1) is 19.1. The van der Waals surface area contributed by atoms with Gasteiger partial charge in [-0.1, -0.05) is 30.3 Å². The van der Waals surface area contributed by atoms with Gasteiger partial charge in [-0.15, -0.1) is 0 Å². The fraction of sp³-hybridized carbons (Fsp3) is 0.292. The Hall–Kier alpha value is -3.21. The van der Waals surface area contributed by atoms with Crippen molar-refractivity contribution in [1.29, 1.82) is 0 Å². The molecule has 0 saturated heterocycles. The maximum Gasteiger partial charge on any atom is 0.339 e. The summed E-state index contributed by atoms with van der Waals surface area (Å²) in [6.45, 7) is 5.47. The first-order valence-corrected chi connectivity index (χ1v) is 9.91. The largest absolute Gasteiger partial charge is 0.449 e. The number of esters is 1. The van der Waals surface area contributed by atoms with Crippen molar-refractivity contribution in [2.24, 2.45) is 0 Å². The predicted octanol–water partition coefficient (Wildman–Crippen LogP) is 4.91. The van der Waals surface area contributed by atoms with Gasteiger partial charge in [0.2, 0.25) is 0 Å². The van der Waals surface area contributed by atoms with Gasteiger partial charge in [0.1, 0.15) is 0 Å². The number of nitrogens with one attached hydrogen (secondary N) is 1. The molecule has 1 aromatic heterocycles. The number of aryl methyl sites for hydroxylation is 2. The minimum absolute atomic E-state index is 0.354. The number of ether oxygens (including phenoxy) is 1.